The fourth-order valence-electron chi connectivity index (χ4n) is 3.40. The molecule has 1 amide bonds. The first-order chi connectivity index (χ1) is 12.5. The maximum absolute atomic E-state index is 12.7. The number of hydrogen-bond donors (Lipinski definition) is 2. The molecule has 1 fully saturated rings. The molecule has 2 aromatic heterocycles. The van der Waals surface area contributed by atoms with Gasteiger partial charge in [-0.1, -0.05) is 36.5 Å². The first-order valence-electron chi connectivity index (χ1n) is 9.12. The highest BCUT2D eigenvalue weighted by molar-refractivity contribution is 6.33. The minimum Gasteiger partial charge on any atom is -0.384 e. The van der Waals surface area contributed by atoms with Crippen molar-refractivity contribution < 1.29 is 4.79 Å². The molecule has 0 atom stereocenters. The predicted octanol–water partition coefficient (Wildman–Crippen LogP) is 3.47. The van der Waals surface area contributed by atoms with Crippen molar-refractivity contribution in [3.05, 3.63) is 28.0 Å². The SMILES string of the molecule is CCCCN1CCC(CNC(=O)c2cc(Cl)c(N)n3cc(Cl)nc23)CC1. The molecule has 0 radical (unpaired) electrons. The molecule has 2 aromatic rings. The van der Waals surface area contributed by atoms with Gasteiger partial charge in [0, 0.05) is 12.7 Å². The van der Waals surface area contributed by atoms with E-state index in [0.717, 1.165) is 25.9 Å². The van der Waals surface area contributed by atoms with Crippen molar-refractivity contribution in [3.63, 3.8) is 0 Å². The number of nitrogens with one attached hydrogen (secondary N) is 1. The quantitative estimate of drug-likeness (QED) is 0.782. The Labute approximate surface area is 163 Å². The Morgan fingerprint density at radius 3 is 2.81 bits per heavy atom. The molecular weight excluding hydrogens is 373 g/mol. The molecule has 3 heterocycles. The van der Waals surface area contributed by atoms with Gasteiger partial charge in [0.15, 0.2) is 5.65 Å². The lowest BCUT2D eigenvalue weighted by Crippen LogP contribution is -2.39. The van der Waals surface area contributed by atoms with E-state index in [9.17, 15) is 4.79 Å². The topological polar surface area (TPSA) is 75.7 Å². The normalized spacial score (nSPS) is 16.3. The van der Waals surface area contributed by atoms with Crippen LogP contribution in [0.15, 0.2) is 12.3 Å². The number of nitrogens with two attached hydrogens (primary N) is 1. The lowest BCUT2D eigenvalue weighted by molar-refractivity contribution is 0.0937. The van der Waals surface area contributed by atoms with E-state index in [1.807, 2.05) is 0 Å². The Morgan fingerprint density at radius 1 is 1.38 bits per heavy atom. The number of halogens is 2. The number of hydrogen-bond acceptors (Lipinski definition) is 4. The van der Waals surface area contributed by atoms with E-state index in [2.05, 4.69) is 22.1 Å². The summed E-state index contributed by atoms with van der Waals surface area (Å²) in [6, 6.07) is 1.55. The number of nitrogen functional groups attached to an aromatic ring is 1. The van der Waals surface area contributed by atoms with Crippen LogP contribution in [0.4, 0.5) is 5.82 Å². The van der Waals surface area contributed by atoms with E-state index < -0.39 is 0 Å². The minimum atomic E-state index is -0.201. The maximum Gasteiger partial charge on any atom is 0.255 e. The van der Waals surface area contributed by atoms with Gasteiger partial charge in [-0.25, -0.2) is 4.98 Å². The van der Waals surface area contributed by atoms with E-state index in [1.165, 1.54) is 19.4 Å². The van der Waals surface area contributed by atoms with Crippen LogP contribution in [-0.4, -0.2) is 46.4 Å². The Bertz CT molecular complexity index is 783. The number of imidazole rings is 1. The predicted molar refractivity (Wildman–Crippen MR) is 106 cm³/mol. The Hall–Kier alpha value is -1.50. The molecule has 0 bridgehead atoms. The van der Waals surface area contributed by atoms with Crippen LogP contribution in [0, 0.1) is 5.92 Å². The summed E-state index contributed by atoms with van der Waals surface area (Å²) in [5.41, 5.74) is 6.74. The second-order valence-corrected chi connectivity index (χ2v) is 7.69. The highest BCUT2D eigenvalue weighted by Crippen LogP contribution is 2.26. The van der Waals surface area contributed by atoms with E-state index in [1.54, 1.807) is 16.7 Å². The Morgan fingerprint density at radius 2 is 2.12 bits per heavy atom. The van der Waals surface area contributed by atoms with Gasteiger partial charge in [-0.15, -0.1) is 0 Å². The summed E-state index contributed by atoms with van der Waals surface area (Å²) in [4.78, 5) is 19.4. The summed E-state index contributed by atoms with van der Waals surface area (Å²) >= 11 is 12.1. The smallest absolute Gasteiger partial charge is 0.255 e. The zero-order chi connectivity index (χ0) is 18.7. The van der Waals surface area contributed by atoms with Gasteiger partial charge in [0.05, 0.1) is 10.6 Å². The van der Waals surface area contributed by atoms with E-state index in [-0.39, 0.29) is 11.1 Å². The van der Waals surface area contributed by atoms with E-state index in [0.29, 0.717) is 34.5 Å². The van der Waals surface area contributed by atoms with Gasteiger partial charge in [0.1, 0.15) is 11.0 Å². The first-order valence-corrected chi connectivity index (χ1v) is 9.88. The third-order valence-electron chi connectivity index (χ3n) is 5.02. The number of anilines is 1. The first kappa shape index (κ1) is 19.3. The largest absolute Gasteiger partial charge is 0.384 e. The number of nitrogens with zero attached hydrogens (tertiary/aromatic N) is 3. The molecule has 8 heteroatoms. The van der Waals surface area contributed by atoms with Crippen LogP contribution < -0.4 is 11.1 Å². The number of carbonyl (C=O) groups excluding carboxylic acids is 1. The van der Waals surface area contributed by atoms with Crippen LogP contribution in [-0.2, 0) is 0 Å². The monoisotopic (exact) mass is 397 g/mol. The zero-order valence-corrected chi connectivity index (χ0v) is 16.5. The van der Waals surface area contributed by atoms with Gasteiger partial charge < -0.3 is 16.0 Å². The fraction of sp³-hybridized carbons (Fsp3) is 0.556. The van der Waals surface area contributed by atoms with E-state index >= 15 is 0 Å². The summed E-state index contributed by atoms with van der Waals surface area (Å²) < 4.78 is 1.55. The van der Waals surface area contributed by atoms with Crippen LogP contribution in [0.25, 0.3) is 5.65 Å². The number of aromatic nitrogens is 2. The third kappa shape index (κ3) is 4.24. The van der Waals surface area contributed by atoms with Gasteiger partial charge in [-0.05, 0) is 50.9 Å². The molecule has 3 rings (SSSR count). The Balaban J connectivity index is 1.61. The molecule has 3 N–H and O–H groups in total. The number of piperidine rings is 1. The summed E-state index contributed by atoms with van der Waals surface area (Å²) in [6.45, 7) is 6.26. The number of amides is 1. The molecule has 0 saturated carbocycles. The molecule has 142 valence electrons. The van der Waals surface area contributed by atoms with Crippen molar-refractivity contribution in [2.24, 2.45) is 5.92 Å². The van der Waals surface area contributed by atoms with Crippen molar-refractivity contribution in [2.75, 3.05) is 31.9 Å². The van der Waals surface area contributed by atoms with Crippen LogP contribution in [0.2, 0.25) is 10.2 Å². The van der Waals surface area contributed by atoms with Crippen molar-refractivity contribution in [2.45, 2.75) is 32.6 Å². The number of pyridine rings is 1. The number of rotatable bonds is 6. The summed E-state index contributed by atoms with van der Waals surface area (Å²) in [7, 11) is 0. The lowest BCUT2D eigenvalue weighted by Gasteiger charge is -2.31. The van der Waals surface area contributed by atoms with Crippen LogP contribution >= 0.6 is 23.2 Å². The molecule has 6 nitrogen and oxygen atoms in total. The molecule has 1 saturated heterocycles. The molecule has 0 unspecified atom stereocenters. The van der Waals surface area contributed by atoms with E-state index in [4.69, 9.17) is 28.9 Å². The lowest BCUT2D eigenvalue weighted by atomic mass is 9.96. The zero-order valence-electron chi connectivity index (χ0n) is 15.0. The maximum atomic E-state index is 12.7. The minimum absolute atomic E-state index is 0.201. The van der Waals surface area contributed by atoms with Gasteiger partial charge >= 0.3 is 0 Å². The second-order valence-electron chi connectivity index (χ2n) is 6.90. The molecule has 1 aliphatic rings. The summed E-state index contributed by atoms with van der Waals surface area (Å²) in [5, 5.41) is 3.60. The molecule has 0 spiro atoms. The molecular formula is C18H25Cl2N5O. The molecule has 1 aliphatic heterocycles. The number of unbranched alkanes of at least 4 members (excludes halogenated alkanes) is 1. The standard InChI is InChI=1S/C18H25Cl2N5O/c1-2-3-6-24-7-4-12(5-8-24)10-22-18(26)13-9-14(19)16(21)25-11-15(20)23-17(13)25/h9,11-12H,2-8,10,21H2,1H3,(H,22,26). The number of carbonyl (C=O) groups is 1. The number of likely N-dealkylation sites (tertiary alicyclic amines) is 1. The second kappa shape index (κ2) is 8.46. The average Bonchev–Trinajstić information content (AvgIpc) is 3.03. The van der Waals surface area contributed by atoms with Crippen molar-refractivity contribution in [1.29, 1.82) is 0 Å². The van der Waals surface area contributed by atoms with Gasteiger partial charge in [-0.2, -0.15) is 0 Å². The average molecular weight is 398 g/mol. The van der Waals surface area contributed by atoms with Crippen LogP contribution in [0.1, 0.15) is 43.0 Å². The fourth-order valence-corrected chi connectivity index (χ4v) is 3.78. The van der Waals surface area contributed by atoms with Crippen LogP contribution in [0.5, 0.6) is 0 Å². The molecule has 0 aromatic carbocycles. The van der Waals surface area contributed by atoms with Crippen molar-refractivity contribution >= 4 is 40.6 Å². The number of fused-ring (bicyclic) bond motifs is 1. The van der Waals surface area contributed by atoms with Gasteiger partial charge in [0.2, 0.25) is 0 Å². The highest BCUT2D eigenvalue weighted by Gasteiger charge is 2.21. The molecule has 26 heavy (non-hydrogen) atoms. The third-order valence-corrected chi connectivity index (χ3v) is 5.51. The Kier molecular flexibility index (Phi) is 6.27. The van der Waals surface area contributed by atoms with Crippen molar-refractivity contribution in [1.82, 2.24) is 19.6 Å². The highest BCUT2D eigenvalue weighted by atomic mass is 35.5. The summed E-state index contributed by atoms with van der Waals surface area (Å²) in [6.07, 6.45) is 6.25. The van der Waals surface area contributed by atoms with Crippen molar-refractivity contribution in [3.8, 4) is 0 Å². The van der Waals surface area contributed by atoms with Crippen LogP contribution in [0.3, 0.4) is 0 Å². The van der Waals surface area contributed by atoms with Gasteiger partial charge in [-0.3, -0.25) is 9.20 Å². The molecule has 0 aliphatic carbocycles. The van der Waals surface area contributed by atoms with Gasteiger partial charge in [0.25, 0.3) is 5.91 Å². The summed E-state index contributed by atoms with van der Waals surface area (Å²) in [5.74, 6) is 0.616.